The largest absolute Gasteiger partial charge is 0.450 e. The fourth-order valence-electron chi connectivity index (χ4n) is 6.38. The number of benzene rings is 4. The van der Waals surface area contributed by atoms with Gasteiger partial charge in [0.15, 0.2) is 15.3 Å². The number of nitrogens with zero attached hydrogens (tertiary/aromatic N) is 4. The van der Waals surface area contributed by atoms with E-state index in [9.17, 15) is 9.59 Å². The predicted octanol–water partition coefficient (Wildman–Crippen LogP) is 7.35. The topological polar surface area (TPSA) is 96.6 Å². The summed E-state index contributed by atoms with van der Waals surface area (Å²) in [5.74, 6) is -0.659. The Hall–Kier alpha value is -4.77. The van der Waals surface area contributed by atoms with Gasteiger partial charge in [0.1, 0.15) is 5.58 Å². The van der Waals surface area contributed by atoms with Crippen LogP contribution in [0.1, 0.15) is 38.4 Å². The van der Waals surface area contributed by atoms with Gasteiger partial charge in [-0.05, 0) is 48.4 Å². The number of thioether (sulfide) groups is 1. The van der Waals surface area contributed by atoms with Crippen LogP contribution in [0.4, 0.5) is 10.8 Å². The maximum atomic E-state index is 15.1. The number of fused-ring (bicyclic) bond motifs is 5. The molecule has 0 radical (unpaired) electrons. The highest BCUT2D eigenvalue weighted by atomic mass is 35.5. The average molecular weight is 663 g/mol. The SMILES string of the molecule is Cc1cccc(CN2C(=O)C3(c4ccccc42)c2c(oc4ccccc4c2=O)C(=O)N3c2nnc(SCc3cccc(Cl)c3)s2)c1. The molecule has 0 aliphatic carbocycles. The smallest absolute Gasteiger partial charge is 0.297 e. The molecule has 11 heteroatoms. The number of rotatable bonds is 6. The molecule has 0 bridgehead atoms. The highest BCUT2D eigenvalue weighted by Crippen LogP contribution is 2.55. The monoisotopic (exact) mass is 662 g/mol. The fraction of sp³-hybridized carbons (Fsp3) is 0.114. The first-order valence-corrected chi connectivity index (χ1v) is 16.6. The molecule has 1 spiro atoms. The Balaban J connectivity index is 1.31. The van der Waals surface area contributed by atoms with Gasteiger partial charge in [0, 0.05) is 16.3 Å². The molecule has 0 saturated carbocycles. The first-order valence-electron chi connectivity index (χ1n) is 14.4. The molecule has 1 atom stereocenters. The maximum absolute atomic E-state index is 15.1. The number of para-hydroxylation sites is 2. The number of carbonyl (C=O) groups excluding carboxylic acids is 2. The third kappa shape index (κ3) is 4.32. The van der Waals surface area contributed by atoms with E-state index >= 15 is 4.79 Å². The zero-order chi connectivity index (χ0) is 31.6. The molecule has 2 amide bonds. The average Bonchev–Trinajstić information content (AvgIpc) is 3.69. The van der Waals surface area contributed by atoms with E-state index in [1.54, 1.807) is 41.3 Å². The van der Waals surface area contributed by atoms with Crippen molar-refractivity contribution < 1.29 is 14.0 Å². The van der Waals surface area contributed by atoms with Crippen LogP contribution in [-0.4, -0.2) is 22.0 Å². The molecule has 1 unspecified atom stereocenters. The molecule has 2 aliphatic heterocycles. The molecular formula is C35H23ClN4O4S2. The number of halogens is 1. The summed E-state index contributed by atoms with van der Waals surface area (Å²) in [7, 11) is 0. The van der Waals surface area contributed by atoms with E-state index in [2.05, 4.69) is 10.2 Å². The number of hydrogen-bond acceptors (Lipinski definition) is 8. The number of amides is 2. The molecule has 6 aromatic rings. The summed E-state index contributed by atoms with van der Waals surface area (Å²) in [5.41, 5.74) is 2.06. The Bertz CT molecular complexity index is 2290. The highest BCUT2D eigenvalue weighted by Gasteiger charge is 2.66. The molecule has 0 saturated heterocycles. The van der Waals surface area contributed by atoms with Crippen LogP contribution in [0.15, 0.2) is 111 Å². The molecule has 4 heterocycles. The molecule has 46 heavy (non-hydrogen) atoms. The van der Waals surface area contributed by atoms with Crippen molar-refractivity contribution in [2.45, 2.75) is 29.1 Å². The maximum Gasteiger partial charge on any atom is 0.297 e. The van der Waals surface area contributed by atoms with E-state index < -0.39 is 22.8 Å². The zero-order valence-electron chi connectivity index (χ0n) is 24.3. The second-order valence-electron chi connectivity index (χ2n) is 11.1. The molecule has 226 valence electrons. The third-order valence-corrected chi connectivity index (χ3v) is 10.6. The number of carbonyl (C=O) groups is 2. The lowest BCUT2D eigenvalue weighted by molar-refractivity contribution is -0.121. The lowest BCUT2D eigenvalue weighted by Gasteiger charge is -2.32. The summed E-state index contributed by atoms with van der Waals surface area (Å²) < 4.78 is 6.76. The van der Waals surface area contributed by atoms with Crippen LogP contribution in [0.25, 0.3) is 11.0 Å². The Morgan fingerprint density at radius 2 is 1.67 bits per heavy atom. The van der Waals surface area contributed by atoms with Crippen LogP contribution in [0.5, 0.6) is 0 Å². The predicted molar refractivity (Wildman–Crippen MR) is 180 cm³/mol. The van der Waals surface area contributed by atoms with Gasteiger partial charge >= 0.3 is 0 Å². The Labute approximate surface area is 276 Å². The van der Waals surface area contributed by atoms with Crippen LogP contribution >= 0.6 is 34.7 Å². The summed E-state index contributed by atoms with van der Waals surface area (Å²) in [4.78, 5) is 46.9. The van der Waals surface area contributed by atoms with Crippen LogP contribution in [-0.2, 0) is 22.6 Å². The Kier molecular flexibility index (Phi) is 6.82. The normalized spacial score (nSPS) is 16.9. The molecule has 0 N–H and O–H groups in total. The molecule has 8 nitrogen and oxygen atoms in total. The number of aryl methyl sites for hydroxylation is 1. The lowest BCUT2D eigenvalue weighted by atomic mass is 9.84. The van der Waals surface area contributed by atoms with E-state index in [4.69, 9.17) is 16.0 Å². The molecule has 2 aliphatic rings. The van der Waals surface area contributed by atoms with Crippen LogP contribution in [0.3, 0.4) is 0 Å². The van der Waals surface area contributed by atoms with Crippen LogP contribution in [0.2, 0.25) is 5.02 Å². The van der Waals surface area contributed by atoms with Gasteiger partial charge in [-0.2, -0.15) is 0 Å². The molecule has 2 aromatic heterocycles. The number of anilines is 2. The van der Waals surface area contributed by atoms with E-state index in [0.29, 0.717) is 26.4 Å². The van der Waals surface area contributed by atoms with Gasteiger partial charge in [-0.25, -0.2) is 0 Å². The zero-order valence-corrected chi connectivity index (χ0v) is 26.7. The van der Waals surface area contributed by atoms with E-state index in [1.165, 1.54) is 28.0 Å². The van der Waals surface area contributed by atoms with Crippen molar-refractivity contribution in [3.8, 4) is 0 Å². The quantitative estimate of drug-likeness (QED) is 0.136. The summed E-state index contributed by atoms with van der Waals surface area (Å²) in [6.07, 6.45) is 0. The number of hydrogen-bond donors (Lipinski definition) is 0. The molecule has 8 rings (SSSR count). The van der Waals surface area contributed by atoms with Crippen molar-refractivity contribution in [2.75, 3.05) is 9.80 Å². The van der Waals surface area contributed by atoms with Gasteiger partial charge in [0.25, 0.3) is 11.8 Å². The van der Waals surface area contributed by atoms with Crippen LogP contribution < -0.4 is 15.2 Å². The van der Waals surface area contributed by atoms with E-state index in [1.807, 2.05) is 67.6 Å². The van der Waals surface area contributed by atoms with Crippen molar-refractivity contribution in [1.82, 2.24) is 10.2 Å². The van der Waals surface area contributed by atoms with Crippen molar-refractivity contribution >= 4 is 68.3 Å². The summed E-state index contributed by atoms with van der Waals surface area (Å²) >= 11 is 8.80. The summed E-state index contributed by atoms with van der Waals surface area (Å²) in [6, 6.07) is 29.5. The van der Waals surface area contributed by atoms with Crippen molar-refractivity contribution in [1.29, 1.82) is 0 Å². The summed E-state index contributed by atoms with van der Waals surface area (Å²) in [6.45, 7) is 2.23. The fourth-order valence-corrected chi connectivity index (χ4v) is 8.43. The first kappa shape index (κ1) is 28.7. The third-order valence-electron chi connectivity index (χ3n) is 8.29. The summed E-state index contributed by atoms with van der Waals surface area (Å²) in [5, 5.41) is 9.91. The van der Waals surface area contributed by atoms with Crippen molar-refractivity contribution in [3.05, 3.63) is 146 Å². The van der Waals surface area contributed by atoms with Gasteiger partial charge in [-0.1, -0.05) is 107 Å². The van der Waals surface area contributed by atoms with E-state index in [-0.39, 0.29) is 34.0 Å². The van der Waals surface area contributed by atoms with E-state index in [0.717, 1.165) is 16.7 Å². The van der Waals surface area contributed by atoms with Gasteiger partial charge in [-0.3, -0.25) is 19.3 Å². The molecule has 4 aromatic carbocycles. The Morgan fingerprint density at radius 1 is 0.891 bits per heavy atom. The minimum Gasteiger partial charge on any atom is -0.450 e. The number of aromatic nitrogens is 2. The van der Waals surface area contributed by atoms with Crippen LogP contribution in [0, 0.1) is 6.92 Å². The minimum absolute atomic E-state index is 0.0104. The standard InChI is InChI=1S/C35H23ClN4O4S2/c1-20-8-6-9-21(16-20)18-39-26-14-4-3-13-25(26)35(32(39)43)28-29(41)24-12-2-5-15-27(24)44-30(28)31(42)40(35)33-37-38-34(46-33)45-19-22-10-7-11-23(36)17-22/h2-17H,18-19H2,1H3. The van der Waals surface area contributed by atoms with Gasteiger partial charge in [0.2, 0.25) is 10.9 Å². The highest BCUT2D eigenvalue weighted by molar-refractivity contribution is 8.00. The van der Waals surface area contributed by atoms with Crippen molar-refractivity contribution in [2.24, 2.45) is 0 Å². The second-order valence-corrected chi connectivity index (χ2v) is 13.8. The lowest BCUT2D eigenvalue weighted by Crippen LogP contribution is -2.53. The first-order chi connectivity index (χ1) is 22.4. The van der Waals surface area contributed by atoms with Gasteiger partial charge < -0.3 is 9.32 Å². The Morgan fingerprint density at radius 3 is 2.52 bits per heavy atom. The van der Waals surface area contributed by atoms with Crippen molar-refractivity contribution in [3.63, 3.8) is 0 Å². The minimum atomic E-state index is -1.84. The second kappa shape index (κ2) is 10.9. The van der Waals surface area contributed by atoms with Gasteiger partial charge in [-0.15, -0.1) is 10.2 Å². The van der Waals surface area contributed by atoms with Gasteiger partial charge in [0.05, 0.1) is 23.2 Å². The molecule has 0 fully saturated rings. The molecular weight excluding hydrogens is 640 g/mol.